The number of hydrogen-bond acceptors (Lipinski definition) is 2. The summed E-state index contributed by atoms with van der Waals surface area (Å²) in [6.45, 7) is 2.59. The first-order valence-corrected chi connectivity index (χ1v) is 7.32. The van der Waals surface area contributed by atoms with Crippen LogP contribution in [0, 0.1) is 5.82 Å². The molecule has 0 aliphatic heterocycles. The quantitative estimate of drug-likeness (QED) is 0.905. The van der Waals surface area contributed by atoms with Crippen LogP contribution in [0.15, 0.2) is 46.9 Å². The molecule has 110 valence electrons. The Balaban J connectivity index is 2.24. The molecule has 0 saturated heterocycles. The summed E-state index contributed by atoms with van der Waals surface area (Å²) in [6, 6.07) is 10.8. The van der Waals surface area contributed by atoms with Crippen molar-refractivity contribution in [2.75, 3.05) is 6.54 Å². The average molecular weight is 352 g/mol. The smallest absolute Gasteiger partial charge is 0.257 e. The highest BCUT2D eigenvalue weighted by Gasteiger charge is 2.18. The number of hydrogen-bond donors (Lipinski definition) is 1. The van der Waals surface area contributed by atoms with Gasteiger partial charge in [0.2, 0.25) is 0 Å². The number of phenols is 1. The zero-order valence-corrected chi connectivity index (χ0v) is 13.1. The van der Waals surface area contributed by atoms with Crippen LogP contribution in [0.25, 0.3) is 0 Å². The predicted octanol–water partition coefficient (Wildman–Crippen LogP) is 3.96. The van der Waals surface area contributed by atoms with E-state index in [1.54, 1.807) is 29.2 Å². The van der Waals surface area contributed by atoms with Gasteiger partial charge < -0.3 is 10.0 Å². The van der Waals surface area contributed by atoms with E-state index in [9.17, 15) is 14.3 Å². The lowest BCUT2D eigenvalue weighted by atomic mass is 10.1. The summed E-state index contributed by atoms with van der Waals surface area (Å²) in [7, 11) is 0. The monoisotopic (exact) mass is 351 g/mol. The summed E-state index contributed by atoms with van der Waals surface area (Å²) in [5.74, 6) is -0.692. The Morgan fingerprint density at radius 3 is 2.71 bits per heavy atom. The van der Waals surface area contributed by atoms with Crippen LogP contribution >= 0.6 is 15.9 Å². The molecule has 0 heterocycles. The third-order valence-electron chi connectivity index (χ3n) is 3.12. The molecule has 0 radical (unpaired) electrons. The van der Waals surface area contributed by atoms with Crippen molar-refractivity contribution >= 4 is 21.8 Å². The molecule has 2 aromatic rings. The fourth-order valence-corrected chi connectivity index (χ4v) is 2.39. The van der Waals surface area contributed by atoms with Gasteiger partial charge in [0.15, 0.2) is 0 Å². The number of halogens is 2. The Kier molecular flexibility index (Phi) is 4.96. The van der Waals surface area contributed by atoms with Crippen molar-refractivity contribution in [2.24, 2.45) is 0 Å². The lowest BCUT2D eigenvalue weighted by molar-refractivity contribution is 0.0749. The Morgan fingerprint density at radius 2 is 2.05 bits per heavy atom. The van der Waals surface area contributed by atoms with E-state index >= 15 is 0 Å². The highest BCUT2D eigenvalue weighted by atomic mass is 79.9. The van der Waals surface area contributed by atoms with Gasteiger partial charge in [-0.3, -0.25) is 4.79 Å². The number of carbonyl (C=O) groups is 1. The van der Waals surface area contributed by atoms with Crippen LogP contribution < -0.4 is 0 Å². The molecule has 0 spiro atoms. The maximum absolute atomic E-state index is 13.2. The van der Waals surface area contributed by atoms with Crippen molar-refractivity contribution in [2.45, 2.75) is 13.5 Å². The third-order valence-corrected chi connectivity index (χ3v) is 3.61. The van der Waals surface area contributed by atoms with Crippen LogP contribution in [0.2, 0.25) is 0 Å². The molecular formula is C16H15BrFNO2. The van der Waals surface area contributed by atoms with Crippen molar-refractivity contribution in [3.63, 3.8) is 0 Å². The Morgan fingerprint density at radius 1 is 1.29 bits per heavy atom. The summed E-state index contributed by atoms with van der Waals surface area (Å²) in [4.78, 5) is 14.0. The van der Waals surface area contributed by atoms with E-state index in [-0.39, 0.29) is 23.0 Å². The zero-order valence-electron chi connectivity index (χ0n) is 11.5. The van der Waals surface area contributed by atoms with Gasteiger partial charge in [-0.05, 0) is 42.8 Å². The summed E-state index contributed by atoms with van der Waals surface area (Å²) in [6.07, 6.45) is 0. The van der Waals surface area contributed by atoms with Crippen LogP contribution in [0.5, 0.6) is 5.75 Å². The molecule has 0 aromatic heterocycles. The zero-order chi connectivity index (χ0) is 15.4. The third kappa shape index (κ3) is 3.82. The number of carbonyl (C=O) groups excluding carboxylic acids is 1. The van der Waals surface area contributed by atoms with Crippen LogP contribution in [0.3, 0.4) is 0 Å². The topological polar surface area (TPSA) is 40.5 Å². The van der Waals surface area contributed by atoms with Gasteiger partial charge in [-0.2, -0.15) is 0 Å². The second-order valence-corrected chi connectivity index (χ2v) is 5.53. The predicted molar refractivity (Wildman–Crippen MR) is 82.6 cm³/mol. The Labute approximate surface area is 131 Å². The highest BCUT2D eigenvalue weighted by Crippen LogP contribution is 2.24. The molecule has 0 saturated carbocycles. The van der Waals surface area contributed by atoms with Gasteiger partial charge in [-0.15, -0.1) is 0 Å². The van der Waals surface area contributed by atoms with Crippen LogP contribution in [-0.2, 0) is 6.54 Å². The number of rotatable bonds is 4. The molecule has 0 bridgehead atoms. The molecule has 3 nitrogen and oxygen atoms in total. The van der Waals surface area contributed by atoms with E-state index < -0.39 is 0 Å². The minimum absolute atomic E-state index is 0.0686. The first kappa shape index (κ1) is 15.5. The molecule has 5 heteroatoms. The van der Waals surface area contributed by atoms with Gasteiger partial charge in [0, 0.05) is 17.6 Å². The van der Waals surface area contributed by atoms with Crippen LogP contribution in [0.4, 0.5) is 4.39 Å². The molecule has 0 aliphatic carbocycles. The van der Waals surface area contributed by atoms with Gasteiger partial charge in [0.1, 0.15) is 11.6 Å². The van der Waals surface area contributed by atoms with E-state index in [0.29, 0.717) is 23.1 Å². The summed E-state index contributed by atoms with van der Waals surface area (Å²) < 4.78 is 13.9. The van der Waals surface area contributed by atoms with Crippen molar-refractivity contribution in [3.05, 3.63) is 63.9 Å². The van der Waals surface area contributed by atoms with Gasteiger partial charge in [0.05, 0.1) is 5.56 Å². The molecule has 2 aromatic carbocycles. The van der Waals surface area contributed by atoms with Crippen LogP contribution in [-0.4, -0.2) is 22.5 Å². The molecule has 0 atom stereocenters. The van der Waals surface area contributed by atoms with Crippen LogP contribution in [0.1, 0.15) is 22.8 Å². The van der Waals surface area contributed by atoms with Crippen molar-refractivity contribution < 1.29 is 14.3 Å². The first-order valence-electron chi connectivity index (χ1n) is 6.53. The molecule has 0 unspecified atom stereocenters. The van der Waals surface area contributed by atoms with Gasteiger partial charge in [0.25, 0.3) is 5.91 Å². The molecule has 21 heavy (non-hydrogen) atoms. The molecular weight excluding hydrogens is 337 g/mol. The molecule has 2 rings (SSSR count). The highest BCUT2D eigenvalue weighted by molar-refractivity contribution is 9.10. The van der Waals surface area contributed by atoms with Crippen molar-refractivity contribution in [1.82, 2.24) is 4.90 Å². The minimum Gasteiger partial charge on any atom is -0.507 e. The first-order chi connectivity index (χ1) is 10.0. The Hall–Kier alpha value is -1.88. The number of phenolic OH excluding ortho intramolecular Hbond substituents is 1. The molecule has 1 amide bonds. The largest absolute Gasteiger partial charge is 0.507 e. The maximum Gasteiger partial charge on any atom is 0.257 e. The normalized spacial score (nSPS) is 10.4. The molecule has 0 aliphatic rings. The fraction of sp³-hybridized carbons (Fsp3) is 0.188. The number of aromatic hydroxyl groups is 1. The van der Waals surface area contributed by atoms with E-state index in [4.69, 9.17) is 0 Å². The standard InChI is InChI=1S/C16H15BrFNO2/c1-2-19(10-11-4-3-5-13(18)8-11)16(21)14-9-12(17)6-7-15(14)20/h3-9,20H,2,10H2,1H3. The van der Waals surface area contributed by atoms with Crippen molar-refractivity contribution in [1.29, 1.82) is 0 Å². The van der Waals surface area contributed by atoms with Crippen molar-refractivity contribution in [3.8, 4) is 5.75 Å². The lowest BCUT2D eigenvalue weighted by Crippen LogP contribution is -2.30. The number of amides is 1. The average Bonchev–Trinajstić information content (AvgIpc) is 2.46. The molecule has 0 fully saturated rings. The lowest BCUT2D eigenvalue weighted by Gasteiger charge is -2.21. The number of benzene rings is 2. The van der Waals surface area contributed by atoms with E-state index in [1.165, 1.54) is 18.2 Å². The molecule has 1 N–H and O–H groups in total. The van der Waals surface area contributed by atoms with E-state index in [2.05, 4.69) is 15.9 Å². The summed E-state index contributed by atoms with van der Waals surface area (Å²) in [5.41, 5.74) is 0.933. The fourth-order valence-electron chi connectivity index (χ4n) is 2.03. The second kappa shape index (κ2) is 6.72. The Bertz CT molecular complexity index is 660. The van der Waals surface area contributed by atoms with Gasteiger partial charge in [-0.1, -0.05) is 28.1 Å². The summed E-state index contributed by atoms with van der Waals surface area (Å²) >= 11 is 3.28. The SMILES string of the molecule is CCN(Cc1cccc(F)c1)C(=O)c1cc(Br)ccc1O. The second-order valence-electron chi connectivity index (χ2n) is 4.61. The van der Waals surface area contributed by atoms with Gasteiger partial charge >= 0.3 is 0 Å². The number of nitrogens with zero attached hydrogens (tertiary/aromatic N) is 1. The van der Waals surface area contributed by atoms with E-state index in [0.717, 1.165) is 0 Å². The maximum atomic E-state index is 13.2. The minimum atomic E-state index is -0.332. The van der Waals surface area contributed by atoms with Gasteiger partial charge in [-0.25, -0.2) is 4.39 Å². The van der Waals surface area contributed by atoms with E-state index in [1.807, 2.05) is 6.92 Å². The summed E-state index contributed by atoms with van der Waals surface area (Å²) in [5, 5.41) is 9.83.